The van der Waals surface area contributed by atoms with Crippen molar-refractivity contribution in [1.29, 1.82) is 0 Å². The molecule has 1 heterocycles. The van der Waals surface area contributed by atoms with Gasteiger partial charge in [-0.15, -0.1) is 0 Å². The average molecular weight is 242 g/mol. The Hall–Kier alpha value is -0.800. The van der Waals surface area contributed by atoms with Gasteiger partial charge in [0.05, 0.1) is 0 Å². The van der Waals surface area contributed by atoms with Crippen LogP contribution in [0.15, 0.2) is 18.3 Å². The number of aromatic nitrogens is 1. The fraction of sp³-hybridized carbons (Fsp3) is 0.583. The van der Waals surface area contributed by atoms with E-state index in [9.17, 15) is 0 Å². The van der Waals surface area contributed by atoms with Gasteiger partial charge in [0.15, 0.2) is 0 Å². The normalized spacial score (nSPS) is 12.8. The second kappa shape index (κ2) is 6.71. The summed E-state index contributed by atoms with van der Waals surface area (Å²) in [6.07, 6.45) is 1.72. The van der Waals surface area contributed by atoms with Gasteiger partial charge < -0.3 is 10.2 Å². The van der Waals surface area contributed by atoms with E-state index in [2.05, 4.69) is 36.0 Å². The maximum atomic E-state index is 5.83. The molecule has 0 aliphatic rings. The highest BCUT2D eigenvalue weighted by molar-refractivity contribution is 6.29. The topological polar surface area (TPSA) is 28.2 Å². The molecule has 0 bridgehead atoms. The Kier molecular flexibility index (Phi) is 5.56. The van der Waals surface area contributed by atoms with Crippen LogP contribution in [0.1, 0.15) is 20.8 Å². The van der Waals surface area contributed by atoms with Crippen LogP contribution in [0.5, 0.6) is 0 Å². The lowest BCUT2D eigenvalue weighted by Crippen LogP contribution is -2.34. The smallest absolute Gasteiger partial charge is 0.131 e. The summed E-state index contributed by atoms with van der Waals surface area (Å²) in [5.41, 5.74) is 1.03. The summed E-state index contributed by atoms with van der Waals surface area (Å²) in [4.78, 5) is 6.34. The molecule has 16 heavy (non-hydrogen) atoms. The summed E-state index contributed by atoms with van der Waals surface area (Å²) >= 11 is 5.83. The summed E-state index contributed by atoms with van der Waals surface area (Å²) in [7, 11) is 0. The Balaban J connectivity index is 2.47. The second-order valence-corrected chi connectivity index (χ2v) is 4.29. The van der Waals surface area contributed by atoms with Crippen molar-refractivity contribution in [3.8, 4) is 0 Å². The van der Waals surface area contributed by atoms with Crippen LogP contribution in [0.2, 0.25) is 5.15 Å². The zero-order chi connectivity index (χ0) is 12.0. The molecular weight excluding hydrogens is 222 g/mol. The lowest BCUT2D eigenvalue weighted by Gasteiger charge is -2.24. The molecule has 0 saturated carbocycles. The van der Waals surface area contributed by atoms with E-state index in [1.807, 2.05) is 12.1 Å². The maximum absolute atomic E-state index is 5.83. The predicted molar refractivity (Wildman–Crippen MR) is 70.1 cm³/mol. The molecule has 0 saturated heterocycles. The Morgan fingerprint density at radius 1 is 1.44 bits per heavy atom. The highest BCUT2D eigenvalue weighted by Gasteiger charge is 2.06. The van der Waals surface area contributed by atoms with E-state index in [1.165, 1.54) is 0 Å². The molecule has 0 aliphatic heterocycles. The second-order valence-electron chi connectivity index (χ2n) is 3.90. The third kappa shape index (κ3) is 4.37. The molecule has 1 atom stereocenters. The van der Waals surface area contributed by atoms with E-state index in [0.717, 1.165) is 25.3 Å². The number of nitrogens with one attached hydrogen (secondary N) is 1. The van der Waals surface area contributed by atoms with E-state index < -0.39 is 0 Å². The van der Waals surface area contributed by atoms with E-state index in [1.54, 1.807) is 6.20 Å². The van der Waals surface area contributed by atoms with Crippen molar-refractivity contribution in [2.24, 2.45) is 0 Å². The number of hydrogen-bond acceptors (Lipinski definition) is 3. The van der Waals surface area contributed by atoms with Crippen LogP contribution in [-0.4, -0.2) is 35.6 Å². The molecule has 0 aromatic carbocycles. The molecule has 1 unspecified atom stereocenters. The van der Waals surface area contributed by atoms with E-state index >= 15 is 0 Å². The Morgan fingerprint density at radius 2 is 2.12 bits per heavy atom. The van der Waals surface area contributed by atoms with Crippen LogP contribution < -0.4 is 5.32 Å². The lowest BCUT2D eigenvalue weighted by atomic mass is 10.2. The van der Waals surface area contributed by atoms with Crippen molar-refractivity contribution in [3.05, 3.63) is 23.5 Å². The molecule has 0 spiro atoms. The molecule has 3 nitrogen and oxygen atoms in total. The van der Waals surface area contributed by atoms with Gasteiger partial charge in [-0.05, 0) is 32.1 Å². The molecule has 1 N–H and O–H groups in total. The highest BCUT2D eigenvalue weighted by atomic mass is 35.5. The molecule has 0 aliphatic carbocycles. The van der Waals surface area contributed by atoms with Gasteiger partial charge in [-0.3, -0.25) is 0 Å². The first-order valence-electron chi connectivity index (χ1n) is 5.76. The van der Waals surface area contributed by atoms with Gasteiger partial charge in [0.25, 0.3) is 0 Å². The summed E-state index contributed by atoms with van der Waals surface area (Å²) in [6.45, 7) is 9.73. The molecule has 1 aromatic rings. The number of rotatable bonds is 6. The van der Waals surface area contributed by atoms with Crippen LogP contribution in [0.3, 0.4) is 0 Å². The standard InChI is InChI=1S/C12H20ClN3/c1-4-16(5-2)9-10(3)15-11-6-7-14-12(13)8-11/h6-8,10H,4-5,9H2,1-3H3,(H,14,15). The first kappa shape index (κ1) is 13.3. The minimum absolute atomic E-state index is 0.401. The molecule has 0 fully saturated rings. The average Bonchev–Trinajstić information content (AvgIpc) is 2.26. The first-order chi connectivity index (χ1) is 7.65. The molecule has 1 rings (SSSR count). The van der Waals surface area contributed by atoms with Gasteiger partial charge in [-0.25, -0.2) is 4.98 Å². The molecule has 90 valence electrons. The summed E-state index contributed by atoms with van der Waals surface area (Å²) in [5.74, 6) is 0. The van der Waals surface area contributed by atoms with E-state index in [4.69, 9.17) is 11.6 Å². The van der Waals surface area contributed by atoms with Gasteiger partial charge in [-0.1, -0.05) is 25.4 Å². The molecule has 0 amide bonds. The van der Waals surface area contributed by atoms with Crippen LogP contribution in [-0.2, 0) is 0 Å². The summed E-state index contributed by atoms with van der Waals surface area (Å²) < 4.78 is 0. The van der Waals surface area contributed by atoms with Crippen molar-refractivity contribution in [1.82, 2.24) is 9.88 Å². The van der Waals surface area contributed by atoms with E-state index in [-0.39, 0.29) is 0 Å². The van der Waals surface area contributed by atoms with Crippen molar-refractivity contribution >= 4 is 17.3 Å². The molecule has 0 radical (unpaired) electrons. The third-order valence-electron chi connectivity index (χ3n) is 2.57. The number of anilines is 1. The monoisotopic (exact) mass is 241 g/mol. The molecule has 1 aromatic heterocycles. The number of nitrogens with zero attached hydrogens (tertiary/aromatic N) is 2. The van der Waals surface area contributed by atoms with Gasteiger partial charge in [-0.2, -0.15) is 0 Å². The van der Waals surface area contributed by atoms with Crippen LogP contribution in [0.25, 0.3) is 0 Å². The fourth-order valence-electron chi connectivity index (χ4n) is 1.69. The molecule has 4 heteroatoms. The zero-order valence-corrected chi connectivity index (χ0v) is 11.0. The minimum atomic E-state index is 0.401. The fourth-order valence-corrected chi connectivity index (χ4v) is 1.87. The zero-order valence-electron chi connectivity index (χ0n) is 10.2. The third-order valence-corrected chi connectivity index (χ3v) is 2.77. The van der Waals surface area contributed by atoms with Crippen molar-refractivity contribution < 1.29 is 0 Å². The quantitative estimate of drug-likeness (QED) is 0.777. The van der Waals surface area contributed by atoms with Crippen LogP contribution in [0, 0.1) is 0 Å². The number of hydrogen-bond donors (Lipinski definition) is 1. The Labute approximate surface area is 103 Å². The Morgan fingerprint density at radius 3 is 2.69 bits per heavy atom. The highest BCUT2D eigenvalue weighted by Crippen LogP contribution is 2.13. The van der Waals surface area contributed by atoms with Gasteiger partial charge in [0, 0.05) is 24.5 Å². The van der Waals surface area contributed by atoms with Crippen molar-refractivity contribution in [3.63, 3.8) is 0 Å². The lowest BCUT2D eigenvalue weighted by molar-refractivity contribution is 0.295. The van der Waals surface area contributed by atoms with Crippen LogP contribution in [0.4, 0.5) is 5.69 Å². The van der Waals surface area contributed by atoms with E-state index in [0.29, 0.717) is 11.2 Å². The minimum Gasteiger partial charge on any atom is -0.381 e. The number of halogens is 1. The van der Waals surface area contributed by atoms with Crippen molar-refractivity contribution in [2.45, 2.75) is 26.8 Å². The van der Waals surface area contributed by atoms with Crippen molar-refractivity contribution in [2.75, 3.05) is 25.0 Å². The predicted octanol–water partition coefficient (Wildman–Crippen LogP) is 2.88. The van der Waals surface area contributed by atoms with Gasteiger partial charge >= 0.3 is 0 Å². The maximum Gasteiger partial charge on any atom is 0.131 e. The largest absolute Gasteiger partial charge is 0.381 e. The van der Waals surface area contributed by atoms with Crippen LogP contribution >= 0.6 is 11.6 Å². The summed E-state index contributed by atoms with van der Waals surface area (Å²) in [5, 5.41) is 3.94. The van der Waals surface area contributed by atoms with Gasteiger partial charge in [0.1, 0.15) is 5.15 Å². The summed E-state index contributed by atoms with van der Waals surface area (Å²) in [6, 6.07) is 4.18. The Bertz CT molecular complexity index is 313. The number of pyridine rings is 1. The number of likely N-dealkylation sites (N-methyl/N-ethyl adjacent to an activating group) is 1. The first-order valence-corrected chi connectivity index (χ1v) is 6.14. The SMILES string of the molecule is CCN(CC)CC(C)Nc1ccnc(Cl)c1. The molecular formula is C12H20ClN3. The van der Waals surface area contributed by atoms with Gasteiger partial charge in [0.2, 0.25) is 0 Å².